The lowest BCUT2D eigenvalue weighted by atomic mass is 10.1. The molecular formula is C13H7Cl2N3O2S. The van der Waals surface area contributed by atoms with Gasteiger partial charge in [0.15, 0.2) is 0 Å². The van der Waals surface area contributed by atoms with Crippen molar-refractivity contribution < 1.29 is 9.90 Å². The molecule has 0 aliphatic heterocycles. The highest BCUT2D eigenvalue weighted by Gasteiger charge is 2.16. The van der Waals surface area contributed by atoms with Gasteiger partial charge in [0.1, 0.15) is 16.8 Å². The van der Waals surface area contributed by atoms with Gasteiger partial charge in [0.2, 0.25) is 0 Å². The molecule has 1 heterocycles. The van der Waals surface area contributed by atoms with Crippen molar-refractivity contribution in [3.63, 3.8) is 0 Å². The minimum absolute atomic E-state index is 0.0544. The number of hydrogen-bond donors (Lipinski definition) is 2. The van der Waals surface area contributed by atoms with E-state index in [9.17, 15) is 9.90 Å². The van der Waals surface area contributed by atoms with Gasteiger partial charge in [-0.25, -0.2) is 0 Å². The van der Waals surface area contributed by atoms with Gasteiger partial charge in [0, 0.05) is 5.02 Å². The van der Waals surface area contributed by atoms with E-state index in [0.29, 0.717) is 26.8 Å². The number of aromatic hydroxyl groups is 1. The Morgan fingerprint density at radius 3 is 2.81 bits per heavy atom. The van der Waals surface area contributed by atoms with E-state index in [1.807, 2.05) is 0 Å². The molecule has 0 fully saturated rings. The van der Waals surface area contributed by atoms with E-state index in [-0.39, 0.29) is 11.3 Å². The average molecular weight is 340 g/mol. The summed E-state index contributed by atoms with van der Waals surface area (Å²) in [6, 6.07) is 7.56. The number of nitrogens with one attached hydrogen (secondary N) is 1. The van der Waals surface area contributed by atoms with Crippen LogP contribution in [0.25, 0.3) is 11.0 Å². The van der Waals surface area contributed by atoms with Crippen molar-refractivity contribution in [3.05, 3.63) is 45.9 Å². The van der Waals surface area contributed by atoms with Gasteiger partial charge >= 0.3 is 0 Å². The van der Waals surface area contributed by atoms with Gasteiger partial charge in [-0.1, -0.05) is 23.2 Å². The molecule has 0 saturated heterocycles. The highest BCUT2D eigenvalue weighted by atomic mass is 35.5. The fraction of sp³-hybridized carbons (Fsp3) is 0. The molecule has 3 aromatic rings. The Labute approximate surface area is 133 Å². The second-order valence-corrected chi connectivity index (χ2v) is 5.54. The molecule has 0 aliphatic rings. The van der Waals surface area contributed by atoms with Crippen molar-refractivity contribution >= 4 is 57.6 Å². The number of anilines is 1. The number of amides is 1. The van der Waals surface area contributed by atoms with E-state index in [2.05, 4.69) is 14.1 Å². The van der Waals surface area contributed by atoms with Crippen LogP contribution in [-0.4, -0.2) is 19.8 Å². The number of phenols is 1. The summed E-state index contributed by atoms with van der Waals surface area (Å²) in [5.74, 6) is -0.700. The normalized spacial score (nSPS) is 10.8. The fourth-order valence-electron chi connectivity index (χ4n) is 1.82. The number of nitrogens with zero attached hydrogens (tertiary/aromatic N) is 2. The van der Waals surface area contributed by atoms with E-state index in [0.717, 1.165) is 11.7 Å². The molecule has 8 heteroatoms. The number of rotatable bonds is 2. The molecule has 3 rings (SSSR count). The third kappa shape index (κ3) is 2.65. The number of carbonyl (C=O) groups excluding carboxylic acids is 1. The monoisotopic (exact) mass is 339 g/mol. The first-order valence-electron chi connectivity index (χ1n) is 5.77. The van der Waals surface area contributed by atoms with Crippen molar-refractivity contribution in [2.24, 2.45) is 0 Å². The number of aromatic nitrogens is 2. The molecule has 2 N–H and O–H groups in total. The van der Waals surface area contributed by atoms with Crippen LogP contribution < -0.4 is 5.32 Å². The zero-order valence-electron chi connectivity index (χ0n) is 10.3. The SMILES string of the molecule is O=C(Nc1c(Cl)ccc2nsnc12)c1cc(Cl)ccc1O. The van der Waals surface area contributed by atoms with Crippen LogP contribution >= 0.6 is 34.9 Å². The summed E-state index contributed by atoms with van der Waals surface area (Å²) in [4.78, 5) is 12.3. The lowest BCUT2D eigenvalue weighted by Crippen LogP contribution is -2.13. The summed E-state index contributed by atoms with van der Waals surface area (Å²) < 4.78 is 8.19. The number of benzene rings is 2. The molecule has 0 spiro atoms. The Kier molecular flexibility index (Phi) is 3.67. The smallest absolute Gasteiger partial charge is 0.259 e. The van der Waals surface area contributed by atoms with Crippen molar-refractivity contribution in [3.8, 4) is 5.75 Å². The molecule has 2 aromatic carbocycles. The first-order valence-corrected chi connectivity index (χ1v) is 7.25. The van der Waals surface area contributed by atoms with E-state index in [4.69, 9.17) is 23.2 Å². The molecule has 106 valence electrons. The Hall–Kier alpha value is -1.89. The quantitative estimate of drug-likeness (QED) is 0.741. The summed E-state index contributed by atoms with van der Waals surface area (Å²) in [6.45, 7) is 0. The van der Waals surface area contributed by atoms with Crippen LogP contribution in [0.4, 0.5) is 5.69 Å². The maximum Gasteiger partial charge on any atom is 0.259 e. The molecule has 0 bridgehead atoms. The van der Waals surface area contributed by atoms with Gasteiger partial charge < -0.3 is 10.4 Å². The van der Waals surface area contributed by atoms with Crippen LogP contribution in [0.15, 0.2) is 30.3 Å². The number of carbonyl (C=O) groups is 1. The largest absolute Gasteiger partial charge is 0.507 e. The predicted molar refractivity (Wildman–Crippen MR) is 83.5 cm³/mol. The van der Waals surface area contributed by atoms with E-state index >= 15 is 0 Å². The van der Waals surface area contributed by atoms with Gasteiger partial charge in [-0.3, -0.25) is 4.79 Å². The molecule has 0 saturated carbocycles. The van der Waals surface area contributed by atoms with Crippen LogP contribution in [0.1, 0.15) is 10.4 Å². The maximum absolute atomic E-state index is 12.3. The molecule has 1 amide bonds. The summed E-state index contributed by atoms with van der Waals surface area (Å²) in [7, 11) is 0. The third-order valence-corrected chi connectivity index (χ3v) is 3.91. The van der Waals surface area contributed by atoms with Crippen molar-refractivity contribution in [1.82, 2.24) is 8.75 Å². The zero-order valence-corrected chi connectivity index (χ0v) is 12.6. The number of halogens is 2. The lowest BCUT2D eigenvalue weighted by Gasteiger charge is -2.09. The third-order valence-electron chi connectivity index (χ3n) is 2.82. The Morgan fingerprint density at radius 2 is 2.00 bits per heavy atom. The first kappa shape index (κ1) is 14.1. The summed E-state index contributed by atoms with van der Waals surface area (Å²) in [5.41, 5.74) is 1.54. The van der Waals surface area contributed by atoms with Crippen molar-refractivity contribution in [2.45, 2.75) is 0 Å². The summed E-state index contributed by atoms with van der Waals surface area (Å²) >= 11 is 13.0. The topological polar surface area (TPSA) is 75.1 Å². The van der Waals surface area contributed by atoms with Crippen LogP contribution in [-0.2, 0) is 0 Å². The minimum Gasteiger partial charge on any atom is -0.507 e. The second-order valence-electron chi connectivity index (χ2n) is 4.17. The van der Waals surface area contributed by atoms with Gasteiger partial charge in [0.05, 0.1) is 28.0 Å². The Balaban J connectivity index is 2.02. The van der Waals surface area contributed by atoms with Crippen molar-refractivity contribution in [1.29, 1.82) is 0 Å². The highest BCUT2D eigenvalue weighted by molar-refractivity contribution is 7.00. The summed E-state index contributed by atoms with van der Waals surface area (Å²) in [5, 5.41) is 13.1. The molecule has 21 heavy (non-hydrogen) atoms. The van der Waals surface area contributed by atoms with Gasteiger partial charge in [0.25, 0.3) is 5.91 Å². The van der Waals surface area contributed by atoms with E-state index < -0.39 is 5.91 Å². The minimum atomic E-state index is -0.530. The van der Waals surface area contributed by atoms with Crippen LogP contribution in [0.2, 0.25) is 10.0 Å². The van der Waals surface area contributed by atoms with Gasteiger partial charge in [-0.15, -0.1) is 0 Å². The zero-order chi connectivity index (χ0) is 15.0. The van der Waals surface area contributed by atoms with E-state index in [1.54, 1.807) is 12.1 Å². The molecule has 0 unspecified atom stereocenters. The average Bonchev–Trinajstić information content (AvgIpc) is 2.93. The second kappa shape index (κ2) is 5.48. The number of phenolic OH excluding ortho intramolecular Hbond substituents is 1. The molecule has 0 radical (unpaired) electrons. The molecule has 0 atom stereocenters. The van der Waals surface area contributed by atoms with E-state index in [1.165, 1.54) is 18.2 Å². The van der Waals surface area contributed by atoms with Crippen LogP contribution in [0, 0.1) is 0 Å². The fourth-order valence-corrected chi connectivity index (χ4v) is 2.73. The highest BCUT2D eigenvalue weighted by Crippen LogP contribution is 2.31. The number of fused-ring (bicyclic) bond motifs is 1. The number of hydrogen-bond acceptors (Lipinski definition) is 5. The molecule has 0 aliphatic carbocycles. The maximum atomic E-state index is 12.3. The first-order chi connectivity index (χ1) is 10.1. The summed E-state index contributed by atoms with van der Waals surface area (Å²) in [6.07, 6.45) is 0. The lowest BCUT2D eigenvalue weighted by molar-refractivity contribution is 0.102. The predicted octanol–water partition coefficient (Wildman–Crippen LogP) is 3.96. The molecular weight excluding hydrogens is 333 g/mol. The Bertz CT molecular complexity index is 851. The van der Waals surface area contributed by atoms with Gasteiger partial charge in [-0.2, -0.15) is 8.75 Å². The van der Waals surface area contributed by atoms with Crippen LogP contribution in [0.3, 0.4) is 0 Å². The standard InChI is InChI=1S/C13H7Cl2N3O2S/c14-6-1-4-10(19)7(5-6)13(20)16-11-8(15)2-3-9-12(11)18-21-17-9/h1-5,19H,(H,16,20). The van der Waals surface area contributed by atoms with Crippen LogP contribution in [0.5, 0.6) is 5.75 Å². The molecule has 5 nitrogen and oxygen atoms in total. The molecule has 1 aromatic heterocycles. The van der Waals surface area contributed by atoms with Crippen molar-refractivity contribution in [2.75, 3.05) is 5.32 Å². The Morgan fingerprint density at radius 1 is 1.19 bits per heavy atom. The van der Waals surface area contributed by atoms with Gasteiger partial charge in [-0.05, 0) is 30.3 Å².